The summed E-state index contributed by atoms with van der Waals surface area (Å²) in [5.74, 6) is 0.573. The normalized spacial score (nSPS) is 22.0. The van der Waals surface area contributed by atoms with Crippen molar-refractivity contribution in [3.63, 3.8) is 0 Å². The molecule has 1 aromatic rings. The summed E-state index contributed by atoms with van der Waals surface area (Å²) in [4.78, 5) is 23.7. The number of hydrogen-bond donors (Lipinski definition) is 1. The summed E-state index contributed by atoms with van der Waals surface area (Å²) in [5, 5.41) is 0. The minimum atomic E-state index is -0.323. The number of carbonyl (C=O) groups excluding carboxylic acids is 1. The van der Waals surface area contributed by atoms with E-state index >= 15 is 0 Å². The van der Waals surface area contributed by atoms with Crippen molar-refractivity contribution < 1.29 is 19.0 Å². The molecule has 25 heavy (non-hydrogen) atoms. The van der Waals surface area contributed by atoms with Gasteiger partial charge in [0.1, 0.15) is 12.7 Å². The SMILES string of the molecule is NC(=O)CN1CCC(Oc2cncc(OCCN3CCOCC3)n2)C1. The average Bonchev–Trinajstić information content (AvgIpc) is 3.02. The molecule has 2 saturated heterocycles. The molecule has 2 aliphatic rings. The number of primary amides is 1. The minimum Gasteiger partial charge on any atom is -0.475 e. The molecule has 2 fully saturated rings. The van der Waals surface area contributed by atoms with Gasteiger partial charge in [-0.05, 0) is 6.42 Å². The number of nitrogens with zero attached hydrogens (tertiary/aromatic N) is 4. The molecule has 2 aliphatic heterocycles. The van der Waals surface area contributed by atoms with Gasteiger partial charge in [-0.15, -0.1) is 0 Å². The first-order valence-electron chi connectivity index (χ1n) is 8.61. The molecule has 2 N–H and O–H groups in total. The van der Waals surface area contributed by atoms with Gasteiger partial charge in [-0.2, -0.15) is 4.98 Å². The Hall–Kier alpha value is -1.97. The van der Waals surface area contributed by atoms with Gasteiger partial charge in [-0.3, -0.25) is 19.6 Å². The van der Waals surface area contributed by atoms with Crippen molar-refractivity contribution >= 4 is 5.91 Å². The Morgan fingerprint density at radius 2 is 2.04 bits per heavy atom. The summed E-state index contributed by atoms with van der Waals surface area (Å²) in [7, 11) is 0. The van der Waals surface area contributed by atoms with E-state index in [2.05, 4.69) is 14.9 Å². The lowest BCUT2D eigenvalue weighted by atomic mass is 10.3. The largest absolute Gasteiger partial charge is 0.475 e. The molecule has 3 rings (SSSR count). The van der Waals surface area contributed by atoms with Crippen LogP contribution in [0.1, 0.15) is 6.42 Å². The van der Waals surface area contributed by atoms with Gasteiger partial charge in [0, 0.05) is 32.7 Å². The van der Waals surface area contributed by atoms with Gasteiger partial charge < -0.3 is 19.9 Å². The van der Waals surface area contributed by atoms with E-state index in [1.165, 1.54) is 0 Å². The van der Waals surface area contributed by atoms with Gasteiger partial charge in [0.25, 0.3) is 0 Å². The quantitative estimate of drug-likeness (QED) is 0.644. The monoisotopic (exact) mass is 351 g/mol. The van der Waals surface area contributed by atoms with Crippen LogP contribution in [-0.4, -0.2) is 90.9 Å². The van der Waals surface area contributed by atoms with Crippen molar-refractivity contribution in [1.82, 2.24) is 19.8 Å². The van der Waals surface area contributed by atoms with Crippen LogP contribution in [0.15, 0.2) is 12.4 Å². The molecule has 9 heteroatoms. The first-order chi connectivity index (χ1) is 12.2. The first kappa shape index (κ1) is 17.8. The van der Waals surface area contributed by atoms with Gasteiger partial charge in [-0.25, -0.2) is 0 Å². The molecule has 9 nitrogen and oxygen atoms in total. The van der Waals surface area contributed by atoms with Crippen LogP contribution < -0.4 is 15.2 Å². The van der Waals surface area contributed by atoms with Crippen LogP contribution in [0, 0.1) is 0 Å². The van der Waals surface area contributed by atoms with E-state index in [9.17, 15) is 4.79 Å². The molecular weight excluding hydrogens is 326 g/mol. The molecule has 138 valence electrons. The number of morpholine rings is 1. The van der Waals surface area contributed by atoms with E-state index in [0.717, 1.165) is 45.8 Å². The molecule has 1 amide bonds. The second kappa shape index (κ2) is 8.93. The highest BCUT2D eigenvalue weighted by Gasteiger charge is 2.25. The summed E-state index contributed by atoms with van der Waals surface area (Å²) in [6.45, 7) is 6.51. The molecule has 0 spiro atoms. The second-order valence-corrected chi connectivity index (χ2v) is 6.23. The number of rotatable bonds is 8. The number of likely N-dealkylation sites (tertiary alicyclic amines) is 1. The maximum absolute atomic E-state index is 11.0. The van der Waals surface area contributed by atoms with Crippen molar-refractivity contribution in [1.29, 1.82) is 0 Å². The molecule has 0 radical (unpaired) electrons. The Balaban J connectivity index is 1.42. The molecule has 0 aromatic carbocycles. The lowest BCUT2D eigenvalue weighted by Gasteiger charge is -2.26. The van der Waals surface area contributed by atoms with Gasteiger partial charge in [0.05, 0.1) is 32.2 Å². The first-order valence-corrected chi connectivity index (χ1v) is 8.61. The van der Waals surface area contributed by atoms with Crippen LogP contribution in [0.3, 0.4) is 0 Å². The van der Waals surface area contributed by atoms with E-state index in [1.54, 1.807) is 12.4 Å². The average molecular weight is 351 g/mol. The molecule has 0 saturated carbocycles. The lowest BCUT2D eigenvalue weighted by molar-refractivity contribution is -0.118. The fraction of sp³-hybridized carbons (Fsp3) is 0.688. The Morgan fingerprint density at radius 3 is 2.84 bits per heavy atom. The number of aromatic nitrogens is 2. The van der Waals surface area contributed by atoms with Crippen molar-refractivity contribution in [2.24, 2.45) is 5.73 Å². The maximum atomic E-state index is 11.0. The van der Waals surface area contributed by atoms with E-state index in [4.69, 9.17) is 19.9 Å². The predicted molar refractivity (Wildman–Crippen MR) is 89.5 cm³/mol. The third-order valence-corrected chi connectivity index (χ3v) is 4.25. The molecule has 0 aliphatic carbocycles. The van der Waals surface area contributed by atoms with E-state index < -0.39 is 0 Å². The highest BCUT2D eigenvalue weighted by molar-refractivity contribution is 5.75. The van der Waals surface area contributed by atoms with Gasteiger partial charge >= 0.3 is 0 Å². The molecular formula is C16H25N5O4. The van der Waals surface area contributed by atoms with Crippen LogP contribution >= 0.6 is 0 Å². The second-order valence-electron chi connectivity index (χ2n) is 6.23. The zero-order valence-electron chi connectivity index (χ0n) is 14.3. The predicted octanol–water partition coefficient (Wildman–Crippen LogP) is -0.874. The third kappa shape index (κ3) is 5.80. The topological polar surface area (TPSA) is 103 Å². The number of carbonyl (C=O) groups is 1. The van der Waals surface area contributed by atoms with Crippen molar-refractivity contribution in [2.75, 3.05) is 59.1 Å². The zero-order chi connectivity index (χ0) is 17.5. The molecule has 1 atom stereocenters. The van der Waals surface area contributed by atoms with Gasteiger partial charge in [0.15, 0.2) is 0 Å². The Bertz CT molecular complexity index is 567. The number of nitrogens with two attached hydrogens (primary N) is 1. The Labute approximate surface area is 147 Å². The number of amides is 1. The lowest BCUT2D eigenvalue weighted by Crippen LogP contribution is -2.38. The molecule has 1 unspecified atom stereocenters. The summed E-state index contributed by atoms with van der Waals surface area (Å²) < 4.78 is 16.9. The van der Waals surface area contributed by atoms with E-state index in [1.807, 2.05) is 4.90 Å². The molecule has 1 aromatic heterocycles. The van der Waals surface area contributed by atoms with Crippen molar-refractivity contribution in [2.45, 2.75) is 12.5 Å². The summed E-state index contributed by atoms with van der Waals surface area (Å²) in [6.07, 6.45) is 3.97. The zero-order valence-corrected chi connectivity index (χ0v) is 14.3. The van der Waals surface area contributed by atoms with Gasteiger partial charge in [-0.1, -0.05) is 0 Å². The van der Waals surface area contributed by atoms with Crippen LogP contribution in [0.4, 0.5) is 0 Å². The molecule has 0 bridgehead atoms. The van der Waals surface area contributed by atoms with E-state index in [-0.39, 0.29) is 18.6 Å². The molecule has 3 heterocycles. The van der Waals surface area contributed by atoms with Crippen LogP contribution in [0.2, 0.25) is 0 Å². The van der Waals surface area contributed by atoms with Crippen molar-refractivity contribution in [3.05, 3.63) is 12.4 Å². The fourth-order valence-corrected chi connectivity index (χ4v) is 2.99. The fourth-order valence-electron chi connectivity index (χ4n) is 2.99. The highest BCUT2D eigenvalue weighted by atomic mass is 16.5. The highest BCUT2D eigenvalue weighted by Crippen LogP contribution is 2.17. The van der Waals surface area contributed by atoms with E-state index in [0.29, 0.717) is 24.9 Å². The number of ether oxygens (including phenoxy) is 3. The van der Waals surface area contributed by atoms with Crippen LogP contribution in [0.25, 0.3) is 0 Å². The van der Waals surface area contributed by atoms with Gasteiger partial charge in [0.2, 0.25) is 17.7 Å². The van der Waals surface area contributed by atoms with Crippen LogP contribution in [0.5, 0.6) is 11.8 Å². The maximum Gasteiger partial charge on any atom is 0.235 e. The van der Waals surface area contributed by atoms with Crippen LogP contribution in [-0.2, 0) is 9.53 Å². The van der Waals surface area contributed by atoms with Crippen molar-refractivity contribution in [3.8, 4) is 11.8 Å². The standard InChI is InChI=1S/C16H25N5O4/c17-14(22)12-21-2-1-13(11-21)25-16-10-18-9-15(19-16)24-8-5-20-3-6-23-7-4-20/h9-10,13H,1-8,11-12H2,(H2,17,22). The Morgan fingerprint density at radius 1 is 1.24 bits per heavy atom. The smallest absolute Gasteiger partial charge is 0.235 e. The minimum absolute atomic E-state index is 0.0164. The summed E-state index contributed by atoms with van der Waals surface area (Å²) in [6, 6.07) is 0. The number of hydrogen-bond acceptors (Lipinski definition) is 8. The summed E-state index contributed by atoms with van der Waals surface area (Å²) in [5.41, 5.74) is 5.22. The Kier molecular flexibility index (Phi) is 6.37. The third-order valence-electron chi connectivity index (χ3n) is 4.25. The summed E-state index contributed by atoms with van der Waals surface area (Å²) >= 11 is 0.